The third kappa shape index (κ3) is 3.01. The van der Waals surface area contributed by atoms with Crippen molar-refractivity contribution >= 4 is 29.0 Å². The number of ether oxygens (including phenoxy) is 1. The van der Waals surface area contributed by atoms with Gasteiger partial charge in [0.05, 0.1) is 15.6 Å². The molecule has 4 nitrogen and oxygen atoms in total. The Kier molecular flexibility index (Phi) is 4.09. The highest BCUT2D eigenvalue weighted by Crippen LogP contribution is 2.29. The van der Waals surface area contributed by atoms with Crippen LogP contribution in [0.1, 0.15) is 12.8 Å². The first-order valence-corrected chi connectivity index (χ1v) is 6.28. The molecule has 0 amide bonds. The smallest absolute Gasteiger partial charge is 0.145 e. The van der Waals surface area contributed by atoms with E-state index in [1.165, 1.54) is 0 Å². The van der Waals surface area contributed by atoms with Gasteiger partial charge in [-0.15, -0.1) is 0 Å². The largest absolute Gasteiger partial charge is 0.381 e. The molecule has 1 saturated heterocycles. The standard InChI is InChI=1S/C11H15Cl2N3O/c12-8-5-9(13)10(15-6-8)16-11(7-14)1-3-17-4-2-11/h5-6H,1-4,7,14H2,(H,15,16). The molecule has 0 bridgehead atoms. The van der Waals surface area contributed by atoms with Crippen molar-refractivity contribution in [3.63, 3.8) is 0 Å². The van der Waals surface area contributed by atoms with Gasteiger partial charge in [-0.1, -0.05) is 23.2 Å². The molecule has 1 fully saturated rings. The zero-order valence-corrected chi connectivity index (χ0v) is 10.9. The zero-order chi connectivity index (χ0) is 12.3. The summed E-state index contributed by atoms with van der Waals surface area (Å²) >= 11 is 11.9. The van der Waals surface area contributed by atoms with E-state index in [-0.39, 0.29) is 5.54 Å². The summed E-state index contributed by atoms with van der Waals surface area (Å²) in [4.78, 5) is 4.19. The lowest BCUT2D eigenvalue weighted by atomic mass is 9.90. The molecule has 0 atom stereocenters. The van der Waals surface area contributed by atoms with Gasteiger partial charge in [-0.2, -0.15) is 0 Å². The molecule has 1 aliphatic heterocycles. The topological polar surface area (TPSA) is 60.2 Å². The van der Waals surface area contributed by atoms with Crippen LogP contribution in [-0.2, 0) is 4.74 Å². The van der Waals surface area contributed by atoms with Crippen molar-refractivity contribution in [1.82, 2.24) is 4.98 Å². The molecule has 0 aromatic carbocycles. The maximum Gasteiger partial charge on any atom is 0.145 e. The van der Waals surface area contributed by atoms with Crippen LogP contribution in [-0.4, -0.2) is 30.3 Å². The number of rotatable bonds is 3. The number of aromatic nitrogens is 1. The van der Waals surface area contributed by atoms with Gasteiger partial charge >= 0.3 is 0 Å². The molecular formula is C11H15Cl2N3O. The van der Waals surface area contributed by atoms with Gasteiger partial charge in [0.25, 0.3) is 0 Å². The van der Waals surface area contributed by atoms with Crippen LogP contribution in [0.5, 0.6) is 0 Å². The van der Waals surface area contributed by atoms with Gasteiger partial charge < -0.3 is 15.8 Å². The summed E-state index contributed by atoms with van der Waals surface area (Å²) in [5, 5.41) is 4.37. The zero-order valence-electron chi connectivity index (χ0n) is 9.38. The number of pyridine rings is 1. The normalized spacial score (nSPS) is 19.0. The van der Waals surface area contributed by atoms with Gasteiger partial charge in [0.1, 0.15) is 5.82 Å². The summed E-state index contributed by atoms with van der Waals surface area (Å²) in [5.74, 6) is 0.628. The fraction of sp³-hybridized carbons (Fsp3) is 0.545. The van der Waals surface area contributed by atoms with Crippen LogP contribution in [0.15, 0.2) is 12.3 Å². The van der Waals surface area contributed by atoms with E-state index in [9.17, 15) is 0 Å². The van der Waals surface area contributed by atoms with E-state index < -0.39 is 0 Å². The molecule has 0 spiro atoms. The van der Waals surface area contributed by atoms with Crippen LogP contribution >= 0.6 is 23.2 Å². The summed E-state index contributed by atoms with van der Waals surface area (Å²) in [5.41, 5.74) is 5.67. The lowest BCUT2D eigenvalue weighted by Crippen LogP contribution is -2.49. The van der Waals surface area contributed by atoms with E-state index in [4.69, 9.17) is 33.7 Å². The summed E-state index contributed by atoms with van der Waals surface area (Å²) in [7, 11) is 0. The molecule has 1 aromatic heterocycles. The molecular weight excluding hydrogens is 261 g/mol. The van der Waals surface area contributed by atoms with Crippen LogP contribution in [0.25, 0.3) is 0 Å². The molecule has 1 aliphatic rings. The van der Waals surface area contributed by atoms with Crippen molar-refractivity contribution in [1.29, 1.82) is 0 Å². The Hall–Kier alpha value is -0.550. The van der Waals surface area contributed by atoms with E-state index in [1.54, 1.807) is 12.3 Å². The first-order chi connectivity index (χ1) is 8.15. The van der Waals surface area contributed by atoms with Crippen LogP contribution < -0.4 is 11.1 Å². The van der Waals surface area contributed by atoms with E-state index in [2.05, 4.69) is 10.3 Å². The van der Waals surface area contributed by atoms with E-state index in [1.807, 2.05) is 0 Å². The molecule has 0 aliphatic carbocycles. The molecule has 0 radical (unpaired) electrons. The van der Waals surface area contributed by atoms with Gasteiger partial charge in [-0.25, -0.2) is 4.98 Å². The average molecular weight is 276 g/mol. The number of hydrogen-bond acceptors (Lipinski definition) is 4. The maximum atomic E-state index is 6.09. The van der Waals surface area contributed by atoms with Crippen molar-refractivity contribution in [3.05, 3.63) is 22.3 Å². The Morgan fingerprint density at radius 3 is 2.71 bits per heavy atom. The van der Waals surface area contributed by atoms with Crippen LogP contribution in [0, 0.1) is 0 Å². The monoisotopic (exact) mass is 275 g/mol. The third-order valence-electron chi connectivity index (χ3n) is 3.03. The van der Waals surface area contributed by atoms with E-state index in [0.717, 1.165) is 12.8 Å². The number of nitrogens with one attached hydrogen (secondary N) is 1. The Bertz CT molecular complexity index is 394. The van der Waals surface area contributed by atoms with Gasteiger partial charge in [0.2, 0.25) is 0 Å². The Morgan fingerprint density at radius 1 is 1.41 bits per heavy atom. The highest BCUT2D eigenvalue weighted by molar-refractivity contribution is 6.35. The lowest BCUT2D eigenvalue weighted by Gasteiger charge is -2.37. The second-order valence-electron chi connectivity index (χ2n) is 4.21. The van der Waals surface area contributed by atoms with Gasteiger partial charge in [-0.3, -0.25) is 0 Å². The predicted octanol–water partition coefficient (Wildman–Crippen LogP) is 2.31. The summed E-state index contributed by atoms with van der Waals surface area (Å²) in [6, 6.07) is 1.67. The van der Waals surface area contributed by atoms with E-state index in [0.29, 0.717) is 35.6 Å². The predicted molar refractivity (Wildman–Crippen MR) is 69.7 cm³/mol. The number of hydrogen-bond donors (Lipinski definition) is 2. The second kappa shape index (κ2) is 5.40. The van der Waals surface area contributed by atoms with Crippen molar-refractivity contribution in [3.8, 4) is 0 Å². The number of halogens is 2. The summed E-state index contributed by atoms with van der Waals surface area (Å²) in [6.45, 7) is 1.93. The van der Waals surface area contributed by atoms with Crippen molar-refractivity contribution in [2.45, 2.75) is 18.4 Å². The average Bonchev–Trinajstić information content (AvgIpc) is 2.34. The Balaban J connectivity index is 2.17. The molecule has 2 rings (SSSR count). The lowest BCUT2D eigenvalue weighted by molar-refractivity contribution is 0.0627. The second-order valence-corrected chi connectivity index (χ2v) is 5.05. The third-order valence-corrected chi connectivity index (χ3v) is 3.53. The molecule has 0 unspecified atom stereocenters. The number of anilines is 1. The first-order valence-electron chi connectivity index (χ1n) is 5.52. The fourth-order valence-electron chi connectivity index (χ4n) is 1.90. The molecule has 2 heterocycles. The van der Waals surface area contributed by atoms with Crippen LogP contribution in [0.2, 0.25) is 10.0 Å². The molecule has 1 aromatic rings. The summed E-state index contributed by atoms with van der Waals surface area (Å²) < 4.78 is 5.34. The number of nitrogens with zero attached hydrogens (tertiary/aromatic N) is 1. The molecule has 94 valence electrons. The highest BCUT2D eigenvalue weighted by Gasteiger charge is 2.31. The minimum atomic E-state index is -0.178. The van der Waals surface area contributed by atoms with Crippen molar-refractivity contribution in [2.24, 2.45) is 5.73 Å². The molecule has 6 heteroatoms. The minimum absolute atomic E-state index is 0.178. The quantitative estimate of drug-likeness (QED) is 0.889. The van der Waals surface area contributed by atoms with E-state index >= 15 is 0 Å². The van der Waals surface area contributed by atoms with Crippen LogP contribution in [0.4, 0.5) is 5.82 Å². The van der Waals surface area contributed by atoms with Gasteiger partial charge in [-0.05, 0) is 18.9 Å². The first kappa shape index (κ1) is 12.9. The maximum absolute atomic E-state index is 6.09. The molecule has 17 heavy (non-hydrogen) atoms. The highest BCUT2D eigenvalue weighted by atomic mass is 35.5. The van der Waals surface area contributed by atoms with Crippen molar-refractivity contribution < 1.29 is 4.74 Å². The Labute approximate surface area is 110 Å². The van der Waals surface area contributed by atoms with Crippen molar-refractivity contribution in [2.75, 3.05) is 25.1 Å². The number of nitrogens with two attached hydrogens (primary N) is 1. The minimum Gasteiger partial charge on any atom is -0.381 e. The van der Waals surface area contributed by atoms with Gasteiger partial charge in [0.15, 0.2) is 0 Å². The Morgan fingerprint density at radius 2 is 2.12 bits per heavy atom. The fourth-order valence-corrected chi connectivity index (χ4v) is 2.33. The SMILES string of the molecule is NCC1(Nc2ncc(Cl)cc2Cl)CCOCC1. The van der Waals surface area contributed by atoms with Gasteiger partial charge in [0, 0.05) is 26.0 Å². The molecule has 3 N–H and O–H groups in total. The van der Waals surface area contributed by atoms with Crippen LogP contribution in [0.3, 0.4) is 0 Å². The summed E-state index contributed by atoms with van der Waals surface area (Å²) in [6.07, 6.45) is 3.27. The molecule has 0 saturated carbocycles.